The van der Waals surface area contributed by atoms with Crippen LogP contribution < -0.4 is 9.64 Å². The van der Waals surface area contributed by atoms with E-state index < -0.39 is 11.4 Å². The van der Waals surface area contributed by atoms with Crippen LogP contribution in [0.5, 0.6) is 11.5 Å². The molecule has 3 heterocycles. The Labute approximate surface area is 173 Å². The molecule has 0 N–H and O–H groups in total. The van der Waals surface area contributed by atoms with Crippen molar-refractivity contribution >= 4 is 23.5 Å². The van der Waals surface area contributed by atoms with Gasteiger partial charge in [-0.15, -0.1) is 0 Å². The van der Waals surface area contributed by atoms with Crippen LogP contribution >= 0.6 is 11.6 Å². The molecule has 1 aromatic carbocycles. The van der Waals surface area contributed by atoms with E-state index in [0.29, 0.717) is 30.4 Å². The van der Waals surface area contributed by atoms with Crippen molar-refractivity contribution in [2.24, 2.45) is 5.41 Å². The van der Waals surface area contributed by atoms with Gasteiger partial charge in [-0.3, -0.25) is 0 Å². The van der Waals surface area contributed by atoms with E-state index in [0.717, 1.165) is 13.1 Å². The Balaban J connectivity index is 1.39. The van der Waals surface area contributed by atoms with Gasteiger partial charge in [-0.25, -0.2) is 19.2 Å². The molecular formula is C20H22ClFN4O3. The summed E-state index contributed by atoms with van der Waals surface area (Å²) < 4.78 is 24.5. The predicted octanol–water partition coefficient (Wildman–Crippen LogP) is 4.12. The summed E-state index contributed by atoms with van der Waals surface area (Å²) in [7, 11) is 0. The normalized spacial score (nSPS) is 17.6. The van der Waals surface area contributed by atoms with Gasteiger partial charge < -0.3 is 19.3 Å². The Bertz CT molecular complexity index is 936. The molecular weight excluding hydrogens is 399 g/mol. The number of halogens is 2. The first kappa shape index (κ1) is 19.7. The molecule has 0 saturated carbocycles. The van der Waals surface area contributed by atoms with Gasteiger partial charge in [-0.1, -0.05) is 11.6 Å². The molecule has 1 aromatic heterocycles. The minimum atomic E-state index is -0.500. The molecule has 0 bridgehead atoms. The second kappa shape index (κ2) is 7.02. The number of hydrogen-bond donors (Lipinski definition) is 0. The van der Waals surface area contributed by atoms with Crippen LogP contribution in [0.15, 0.2) is 30.7 Å². The molecule has 2 aliphatic heterocycles. The van der Waals surface area contributed by atoms with Gasteiger partial charge in [-0.2, -0.15) is 0 Å². The summed E-state index contributed by atoms with van der Waals surface area (Å²) in [4.78, 5) is 24.3. The van der Waals surface area contributed by atoms with Crippen LogP contribution in [0.25, 0.3) is 0 Å². The van der Waals surface area contributed by atoms with Crippen molar-refractivity contribution in [2.45, 2.75) is 26.4 Å². The Hall–Kier alpha value is -2.61. The zero-order chi connectivity index (χ0) is 20.8. The number of rotatable bonds is 3. The lowest BCUT2D eigenvalue weighted by Gasteiger charge is -2.60. The van der Waals surface area contributed by atoms with Gasteiger partial charge in [0.15, 0.2) is 11.6 Å². The third kappa shape index (κ3) is 4.07. The molecule has 0 atom stereocenters. The molecule has 1 amide bonds. The first-order valence-electron chi connectivity index (χ1n) is 9.30. The predicted molar refractivity (Wildman–Crippen MR) is 106 cm³/mol. The van der Waals surface area contributed by atoms with Crippen LogP contribution in [0.4, 0.5) is 15.0 Å². The Morgan fingerprint density at radius 3 is 2.59 bits per heavy atom. The van der Waals surface area contributed by atoms with Crippen molar-refractivity contribution in [1.29, 1.82) is 0 Å². The molecule has 4 rings (SSSR count). The Morgan fingerprint density at radius 1 is 1.21 bits per heavy atom. The third-order valence-electron chi connectivity index (χ3n) is 4.83. The fraction of sp³-hybridized carbons (Fsp3) is 0.450. The number of aromatic nitrogens is 2. The zero-order valence-electron chi connectivity index (χ0n) is 16.5. The number of hydrogen-bond acceptors (Lipinski definition) is 6. The van der Waals surface area contributed by atoms with Crippen LogP contribution in [0.2, 0.25) is 5.02 Å². The molecule has 7 nitrogen and oxygen atoms in total. The smallest absolute Gasteiger partial charge is 0.410 e. The average molecular weight is 421 g/mol. The molecule has 29 heavy (non-hydrogen) atoms. The maximum atomic E-state index is 13.3. The zero-order valence-corrected chi connectivity index (χ0v) is 17.2. The van der Waals surface area contributed by atoms with E-state index in [9.17, 15) is 9.18 Å². The lowest BCUT2D eigenvalue weighted by molar-refractivity contribution is -0.0455. The van der Waals surface area contributed by atoms with Crippen molar-refractivity contribution in [3.63, 3.8) is 0 Å². The van der Waals surface area contributed by atoms with Gasteiger partial charge >= 0.3 is 6.09 Å². The van der Waals surface area contributed by atoms with Gasteiger partial charge in [-0.05, 0) is 39.0 Å². The number of benzene rings is 1. The van der Waals surface area contributed by atoms with E-state index in [1.807, 2.05) is 20.8 Å². The maximum Gasteiger partial charge on any atom is 0.410 e. The molecule has 1 spiro atoms. The second-order valence-electron chi connectivity index (χ2n) is 8.58. The van der Waals surface area contributed by atoms with Gasteiger partial charge in [0, 0.05) is 31.6 Å². The summed E-state index contributed by atoms with van der Waals surface area (Å²) in [5, 5.41) is 0.173. The van der Waals surface area contributed by atoms with Crippen molar-refractivity contribution in [1.82, 2.24) is 14.9 Å². The molecule has 2 aromatic rings. The number of likely N-dealkylation sites (tertiary alicyclic amines) is 1. The number of ether oxygens (including phenoxy) is 2. The fourth-order valence-corrected chi connectivity index (χ4v) is 3.83. The highest BCUT2D eigenvalue weighted by Gasteiger charge is 2.54. The fourth-order valence-electron chi connectivity index (χ4n) is 3.63. The Kier molecular flexibility index (Phi) is 4.77. The third-order valence-corrected chi connectivity index (χ3v) is 5.12. The van der Waals surface area contributed by atoms with Crippen LogP contribution in [0.3, 0.4) is 0 Å². The molecule has 9 heteroatoms. The van der Waals surface area contributed by atoms with Gasteiger partial charge in [0.25, 0.3) is 0 Å². The van der Waals surface area contributed by atoms with E-state index in [1.54, 1.807) is 11.1 Å². The number of amides is 1. The topological polar surface area (TPSA) is 67.8 Å². The molecule has 2 saturated heterocycles. The molecule has 2 aliphatic rings. The van der Waals surface area contributed by atoms with E-state index in [2.05, 4.69) is 14.9 Å². The van der Waals surface area contributed by atoms with Crippen LogP contribution in [-0.2, 0) is 4.74 Å². The van der Waals surface area contributed by atoms with E-state index in [-0.39, 0.29) is 16.5 Å². The van der Waals surface area contributed by atoms with Gasteiger partial charge in [0.05, 0.1) is 11.2 Å². The average Bonchev–Trinajstić information content (AvgIpc) is 2.54. The molecule has 154 valence electrons. The van der Waals surface area contributed by atoms with E-state index >= 15 is 0 Å². The summed E-state index contributed by atoms with van der Waals surface area (Å²) >= 11 is 6.06. The summed E-state index contributed by atoms with van der Waals surface area (Å²) in [5.41, 5.74) is -0.451. The summed E-state index contributed by atoms with van der Waals surface area (Å²) in [6, 6.07) is 3.94. The summed E-state index contributed by atoms with van der Waals surface area (Å²) in [6.45, 7) is 8.38. The van der Waals surface area contributed by atoms with Crippen LogP contribution in [0, 0.1) is 11.2 Å². The lowest BCUT2D eigenvalue weighted by Crippen LogP contribution is -2.73. The maximum absolute atomic E-state index is 13.3. The van der Waals surface area contributed by atoms with Crippen LogP contribution in [-0.4, -0.2) is 52.7 Å². The number of carbonyl (C=O) groups excluding carboxylic acids is 1. The number of carbonyl (C=O) groups is 1. The van der Waals surface area contributed by atoms with Crippen molar-refractivity contribution in [2.75, 3.05) is 31.1 Å². The molecule has 0 aliphatic carbocycles. The molecule has 0 unspecified atom stereocenters. The van der Waals surface area contributed by atoms with Gasteiger partial charge in [0.2, 0.25) is 0 Å². The van der Waals surface area contributed by atoms with Crippen molar-refractivity contribution in [3.8, 4) is 11.5 Å². The first-order valence-corrected chi connectivity index (χ1v) is 9.68. The minimum Gasteiger partial charge on any atom is -0.450 e. The van der Waals surface area contributed by atoms with Crippen molar-refractivity contribution < 1.29 is 18.7 Å². The first-order chi connectivity index (χ1) is 13.6. The number of anilines is 1. The van der Waals surface area contributed by atoms with Crippen molar-refractivity contribution in [3.05, 3.63) is 41.6 Å². The second-order valence-corrected chi connectivity index (χ2v) is 8.99. The molecule has 2 fully saturated rings. The monoisotopic (exact) mass is 420 g/mol. The highest BCUT2D eigenvalue weighted by atomic mass is 35.5. The van der Waals surface area contributed by atoms with E-state index in [1.165, 1.54) is 24.5 Å². The standard InChI is InChI=1S/C20H22ClFN4O3/c1-19(2,3)29-18(27)26-10-20(11-26)8-25(9-20)17-16(7-23-12-24-17)28-15-5-4-13(22)6-14(15)21/h4-7,12H,8-11H2,1-3H3. The highest BCUT2D eigenvalue weighted by molar-refractivity contribution is 6.32. The van der Waals surface area contributed by atoms with E-state index in [4.69, 9.17) is 21.1 Å². The van der Waals surface area contributed by atoms with Gasteiger partial charge in [0.1, 0.15) is 23.5 Å². The summed E-state index contributed by atoms with van der Waals surface area (Å²) in [6.07, 6.45) is 2.73. The largest absolute Gasteiger partial charge is 0.450 e. The highest BCUT2D eigenvalue weighted by Crippen LogP contribution is 2.44. The molecule has 0 radical (unpaired) electrons. The Morgan fingerprint density at radius 2 is 1.93 bits per heavy atom. The summed E-state index contributed by atoms with van der Waals surface area (Å²) in [5.74, 6) is 0.983. The quantitative estimate of drug-likeness (QED) is 0.744. The minimum absolute atomic E-state index is 0.0483. The lowest BCUT2D eigenvalue weighted by atomic mass is 9.73. The van der Waals surface area contributed by atoms with Crippen LogP contribution in [0.1, 0.15) is 20.8 Å². The SMILES string of the molecule is CC(C)(C)OC(=O)N1CC2(C1)CN(c1ncncc1Oc1ccc(F)cc1Cl)C2. The number of nitrogens with zero attached hydrogens (tertiary/aromatic N) is 4.